The van der Waals surface area contributed by atoms with E-state index < -0.39 is 11.9 Å². The van der Waals surface area contributed by atoms with E-state index in [1.165, 1.54) is 14.2 Å². The smallest absolute Gasteiger partial charge is 0.306 e. The van der Waals surface area contributed by atoms with Gasteiger partial charge in [0.1, 0.15) is 13.2 Å². The highest BCUT2D eigenvalue weighted by molar-refractivity contribution is 5.93. The molecule has 0 spiro atoms. The summed E-state index contributed by atoms with van der Waals surface area (Å²) in [6, 6.07) is 14.9. The molecule has 0 radical (unpaired) electrons. The maximum atomic E-state index is 12.1. The monoisotopic (exact) mass is 514 g/mol. The Bertz CT molecular complexity index is 925. The fourth-order valence-electron chi connectivity index (χ4n) is 3.15. The van der Waals surface area contributed by atoms with Crippen LogP contribution in [-0.4, -0.2) is 64.4 Å². The fraction of sp³-hybridized carbons (Fsp3) is 0.407. The highest BCUT2D eigenvalue weighted by atomic mass is 16.6. The number of amides is 2. The van der Waals surface area contributed by atoms with Crippen molar-refractivity contribution in [3.8, 4) is 0 Å². The minimum atomic E-state index is -0.438. The molecule has 0 bridgehead atoms. The number of hydrogen-bond acceptors (Lipinski definition) is 8. The number of methoxy groups -OCH3 is 2. The van der Waals surface area contributed by atoms with Gasteiger partial charge in [-0.3, -0.25) is 19.2 Å². The first-order valence-electron chi connectivity index (χ1n) is 12.0. The molecule has 0 aliphatic carbocycles. The summed E-state index contributed by atoms with van der Waals surface area (Å²) in [6.07, 6.45) is 0.754. The van der Waals surface area contributed by atoms with E-state index >= 15 is 0 Å². The Hall–Kier alpha value is -3.76. The van der Waals surface area contributed by atoms with Gasteiger partial charge in [0.2, 0.25) is 11.8 Å². The van der Waals surface area contributed by atoms with Crippen LogP contribution in [0.2, 0.25) is 0 Å². The zero-order valence-corrected chi connectivity index (χ0v) is 21.2. The lowest BCUT2D eigenvalue weighted by Crippen LogP contribution is -2.15. The standard InChI is InChI=1S/C27H34N2O8/c1-34-15-17-36-26(32)13-11-24(30)28-22-7-3-20(4-8-22)19-21-5-9-23(10-6-21)29-25(31)12-14-27(33)37-18-16-35-2/h3-10H,11-19H2,1-2H3,(H,28,30)(H,29,31). The summed E-state index contributed by atoms with van der Waals surface area (Å²) < 4.78 is 19.5. The van der Waals surface area contributed by atoms with Crippen molar-refractivity contribution in [1.29, 1.82) is 0 Å². The number of nitrogens with one attached hydrogen (secondary N) is 2. The molecule has 37 heavy (non-hydrogen) atoms. The molecule has 0 fully saturated rings. The summed E-state index contributed by atoms with van der Waals surface area (Å²) in [5, 5.41) is 5.53. The van der Waals surface area contributed by atoms with Crippen LogP contribution in [0, 0.1) is 0 Å². The third-order valence-corrected chi connectivity index (χ3v) is 5.10. The number of anilines is 2. The number of esters is 2. The lowest BCUT2D eigenvalue weighted by atomic mass is 10.0. The molecule has 10 heteroatoms. The van der Waals surface area contributed by atoms with Crippen LogP contribution in [0.1, 0.15) is 36.8 Å². The maximum absolute atomic E-state index is 12.1. The molecule has 2 amide bonds. The van der Waals surface area contributed by atoms with E-state index in [1.807, 2.05) is 24.3 Å². The topological polar surface area (TPSA) is 129 Å². The number of carbonyl (C=O) groups is 4. The number of ether oxygens (including phenoxy) is 4. The molecular formula is C27H34N2O8. The molecular weight excluding hydrogens is 480 g/mol. The van der Waals surface area contributed by atoms with Gasteiger partial charge in [0.05, 0.1) is 26.1 Å². The summed E-state index contributed by atoms with van der Waals surface area (Å²) in [4.78, 5) is 47.2. The van der Waals surface area contributed by atoms with Crippen LogP contribution >= 0.6 is 0 Å². The molecule has 2 N–H and O–H groups in total. The molecule has 200 valence electrons. The third-order valence-electron chi connectivity index (χ3n) is 5.10. The van der Waals surface area contributed by atoms with Gasteiger partial charge in [0, 0.05) is 38.4 Å². The van der Waals surface area contributed by atoms with Crippen molar-refractivity contribution in [3.05, 3.63) is 59.7 Å². The van der Waals surface area contributed by atoms with Crippen molar-refractivity contribution in [1.82, 2.24) is 0 Å². The maximum Gasteiger partial charge on any atom is 0.306 e. The Labute approximate surface area is 216 Å². The minimum absolute atomic E-state index is 0.00546. The first-order chi connectivity index (χ1) is 17.9. The predicted molar refractivity (Wildman–Crippen MR) is 137 cm³/mol. The third kappa shape index (κ3) is 12.7. The summed E-state index contributed by atoms with van der Waals surface area (Å²) in [5.74, 6) is -1.41. The minimum Gasteiger partial charge on any atom is -0.463 e. The van der Waals surface area contributed by atoms with Gasteiger partial charge in [-0.2, -0.15) is 0 Å². The van der Waals surface area contributed by atoms with Crippen LogP contribution in [0.4, 0.5) is 11.4 Å². The van der Waals surface area contributed by atoms with E-state index in [1.54, 1.807) is 24.3 Å². The van der Waals surface area contributed by atoms with E-state index in [0.717, 1.165) is 11.1 Å². The summed E-state index contributed by atoms with van der Waals surface area (Å²) in [7, 11) is 3.03. The van der Waals surface area contributed by atoms with Crippen LogP contribution in [0.25, 0.3) is 0 Å². The van der Waals surface area contributed by atoms with Crippen molar-refractivity contribution in [2.24, 2.45) is 0 Å². The number of benzene rings is 2. The van der Waals surface area contributed by atoms with Crippen molar-refractivity contribution in [3.63, 3.8) is 0 Å². The van der Waals surface area contributed by atoms with E-state index in [2.05, 4.69) is 10.6 Å². The van der Waals surface area contributed by atoms with Crippen LogP contribution < -0.4 is 10.6 Å². The van der Waals surface area contributed by atoms with Gasteiger partial charge in [-0.05, 0) is 41.8 Å². The Morgan fingerprint density at radius 2 is 0.946 bits per heavy atom. The van der Waals surface area contributed by atoms with Crippen LogP contribution in [0.5, 0.6) is 0 Å². The van der Waals surface area contributed by atoms with Crippen molar-refractivity contribution in [2.75, 3.05) is 51.3 Å². The molecule has 0 saturated carbocycles. The lowest BCUT2D eigenvalue weighted by Gasteiger charge is -2.09. The molecule has 0 unspecified atom stereocenters. The van der Waals surface area contributed by atoms with Crippen LogP contribution in [0.15, 0.2) is 48.5 Å². The van der Waals surface area contributed by atoms with E-state index in [0.29, 0.717) is 31.0 Å². The second kappa shape index (κ2) is 16.8. The van der Waals surface area contributed by atoms with Gasteiger partial charge in [-0.25, -0.2) is 0 Å². The zero-order valence-electron chi connectivity index (χ0n) is 21.2. The first-order valence-corrected chi connectivity index (χ1v) is 12.0. The number of rotatable bonds is 16. The van der Waals surface area contributed by atoms with E-state index in [9.17, 15) is 19.2 Å². The Kier molecular flexibility index (Phi) is 13.4. The average molecular weight is 515 g/mol. The molecule has 2 rings (SSSR count). The van der Waals surface area contributed by atoms with Gasteiger partial charge in [0.25, 0.3) is 0 Å². The highest BCUT2D eigenvalue weighted by Crippen LogP contribution is 2.16. The van der Waals surface area contributed by atoms with Gasteiger partial charge in [-0.15, -0.1) is 0 Å². The summed E-state index contributed by atoms with van der Waals surface area (Å²) in [6.45, 7) is 0.981. The SMILES string of the molecule is COCCOC(=O)CCC(=O)Nc1ccc(Cc2ccc(NC(=O)CCC(=O)OCCOC)cc2)cc1. The molecule has 0 heterocycles. The molecule has 10 nitrogen and oxygen atoms in total. The average Bonchev–Trinajstić information content (AvgIpc) is 2.89. The van der Waals surface area contributed by atoms with Gasteiger partial charge in [-0.1, -0.05) is 24.3 Å². The van der Waals surface area contributed by atoms with Gasteiger partial charge in [0.15, 0.2) is 0 Å². The molecule has 0 atom stereocenters. The van der Waals surface area contributed by atoms with Crippen LogP contribution in [-0.2, 0) is 44.5 Å². The Morgan fingerprint density at radius 1 is 0.568 bits per heavy atom. The number of hydrogen-bond donors (Lipinski definition) is 2. The Balaban J connectivity index is 1.72. The van der Waals surface area contributed by atoms with E-state index in [4.69, 9.17) is 18.9 Å². The molecule has 0 aliphatic heterocycles. The molecule has 0 aromatic heterocycles. The highest BCUT2D eigenvalue weighted by Gasteiger charge is 2.10. The molecule has 2 aromatic rings. The summed E-state index contributed by atoms with van der Waals surface area (Å²) >= 11 is 0. The summed E-state index contributed by atoms with van der Waals surface area (Å²) in [5.41, 5.74) is 3.37. The van der Waals surface area contributed by atoms with Gasteiger partial charge < -0.3 is 29.6 Å². The Morgan fingerprint density at radius 3 is 1.30 bits per heavy atom. The second-order valence-corrected chi connectivity index (χ2v) is 8.09. The largest absolute Gasteiger partial charge is 0.463 e. The van der Waals surface area contributed by atoms with E-state index in [-0.39, 0.29) is 50.7 Å². The lowest BCUT2D eigenvalue weighted by molar-refractivity contribution is -0.146. The zero-order chi connectivity index (χ0) is 26.9. The van der Waals surface area contributed by atoms with Crippen molar-refractivity contribution in [2.45, 2.75) is 32.1 Å². The fourth-order valence-corrected chi connectivity index (χ4v) is 3.15. The molecule has 0 aliphatic rings. The molecule has 0 saturated heterocycles. The normalized spacial score (nSPS) is 10.4. The van der Waals surface area contributed by atoms with Gasteiger partial charge >= 0.3 is 11.9 Å². The first kappa shape index (κ1) is 29.5. The van der Waals surface area contributed by atoms with Crippen LogP contribution in [0.3, 0.4) is 0 Å². The number of carbonyl (C=O) groups excluding carboxylic acids is 4. The predicted octanol–water partition coefficient (Wildman–Crippen LogP) is 3.09. The second-order valence-electron chi connectivity index (χ2n) is 8.09. The quantitative estimate of drug-likeness (QED) is 0.258. The van der Waals surface area contributed by atoms with Crippen molar-refractivity contribution >= 4 is 35.1 Å². The van der Waals surface area contributed by atoms with Crippen molar-refractivity contribution < 1.29 is 38.1 Å². The molecule has 2 aromatic carbocycles.